The van der Waals surface area contributed by atoms with Crippen LogP contribution in [0.2, 0.25) is 0 Å². The lowest BCUT2D eigenvalue weighted by molar-refractivity contribution is -0.172. The zero-order chi connectivity index (χ0) is 13.1. The van der Waals surface area contributed by atoms with Crippen molar-refractivity contribution in [1.82, 2.24) is 4.90 Å². The summed E-state index contributed by atoms with van der Waals surface area (Å²) in [5.41, 5.74) is 0. The summed E-state index contributed by atoms with van der Waals surface area (Å²) in [6.07, 6.45) is 2.34. The minimum Gasteiger partial charge on any atom is -0.376 e. The van der Waals surface area contributed by atoms with Gasteiger partial charge in [0.25, 0.3) is 5.91 Å². The monoisotopic (exact) mass is 271 g/mol. The third-order valence-electron chi connectivity index (χ3n) is 3.89. The highest BCUT2D eigenvalue weighted by Gasteiger charge is 2.39. The fourth-order valence-corrected chi connectivity index (χ4v) is 2.93. The largest absolute Gasteiger partial charge is 0.376 e. The fourth-order valence-electron chi connectivity index (χ4n) is 2.93. The second-order valence-corrected chi connectivity index (χ2v) is 5.14. The molecule has 6 nitrogen and oxygen atoms in total. The number of rotatable bonds is 2. The molecule has 0 aliphatic carbocycles. The molecule has 108 valence electrons. The van der Waals surface area contributed by atoms with Gasteiger partial charge in [0, 0.05) is 6.54 Å². The topological polar surface area (TPSA) is 57.2 Å². The molecule has 0 aromatic heterocycles. The molecular formula is C13H21NO5. The molecule has 0 bridgehead atoms. The van der Waals surface area contributed by atoms with Gasteiger partial charge in [-0.15, -0.1) is 0 Å². The molecule has 3 saturated heterocycles. The number of hydrogen-bond acceptors (Lipinski definition) is 5. The minimum absolute atomic E-state index is 0.0171. The Bertz CT molecular complexity index is 312. The summed E-state index contributed by atoms with van der Waals surface area (Å²) in [5, 5.41) is 0. The second-order valence-electron chi connectivity index (χ2n) is 5.14. The van der Waals surface area contributed by atoms with Crippen LogP contribution in [0.1, 0.15) is 19.3 Å². The van der Waals surface area contributed by atoms with Gasteiger partial charge >= 0.3 is 0 Å². The van der Waals surface area contributed by atoms with Gasteiger partial charge in [0.1, 0.15) is 0 Å². The van der Waals surface area contributed by atoms with Gasteiger partial charge in [0.2, 0.25) is 0 Å². The smallest absolute Gasteiger partial charge is 0.254 e. The molecule has 3 aliphatic rings. The van der Waals surface area contributed by atoms with Crippen LogP contribution in [-0.2, 0) is 23.7 Å². The summed E-state index contributed by atoms with van der Waals surface area (Å²) in [6.45, 7) is 3.41. The number of ether oxygens (including phenoxy) is 4. The van der Waals surface area contributed by atoms with Gasteiger partial charge in [-0.25, -0.2) is 0 Å². The SMILES string of the molecule is O=C(C1COCCO1)N1CCCCC1C1OCCO1. The highest BCUT2D eigenvalue weighted by atomic mass is 16.7. The van der Waals surface area contributed by atoms with E-state index in [1.807, 2.05) is 4.90 Å². The van der Waals surface area contributed by atoms with Crippen molar-refractivity contribution in [2.24, 2.45) is 0 Å². The number of carbonyl (C=O) groups excluding carboxylic acids is 1. The average Bonchev–Trinajstić information content (AvgIpc) is 3.01. The van der Waals surface area contributed by atoms with Crippen molar-refractivity contribution >= 4 is 5.91 Å². The number of piperidine rings is 1. The maximum absolute atomic E-state index is 12.5. The number of hydrogen-bond donors (Lipinski definition) is 0. The zero-order valence-electron chi connectivity index (χ0n) is 11.1. The number of likely N-dealkylation sites (tertiary alicyclic amines) is 1. The molecule has 2 unspecified atom stereocenters. The Hall–Kier alpha value is -0.690. The van der Waals surface area contributed by atoms with E-state index in [1.165, 1.54) is 0 Å². The Kier molecular flexibility index (Phi) is 4.32. The molecule has 6 heteroatoms. The van der Waals surface area contributed by atoms with Crippen molar-refractivity contribution in [2.45, 2.75) is 37.7 Å². The summed E-state index contributed by atoms with van der Waals surface area (Å²) in [5.74, 6) is 0.0171. The van der Waals surface area contributed by atoms with Crippen LogP contribution in [0.3, 0.4) is 0 Å². The first-order valence-corrected chi connectivity index (χ1v) is 7.09. The lowest BCUT2D eigenvalue weighted by atomic mass is 10.0. The van der Waals surface area contributed by atoms with Gasteiger partial charge in [0.05, 0.1) is 39.1 Å². The summed E-state index contributed by atoms with van der Waals surface area (Å²) in [7, 11) is 0. The van der Waals surface area contributed by atoms with Crippen LogP contribution >= 0.6 is 0 Å². The van der Waals surface area contributed by atoms with Crippen LogP contribution in [0, 0.1) is 0 Å². The van der Waals surface area contributed by atoms with E-state index in [0.717, 1.165) is 25.8 Å². The first-order valence-electron chi connectivity index (χ1n) is 7.09. The lowest BCUT2D eigenvalue weighted by Crippen LogP contribution is -2.55. The average molecular weight is 271 g/mol. The lowest BCUT2D eigenvalue weighted by Gasteiger charge is -2.40. The van der Waals surface area contributed by atoms with Crippen LogP contribution < -0.4 is 0 Å². The fraction of sp³-hybridized carbons (Fsp3) is 0.923. The van der Waals surface area contributed by atoms with Gasteiger partial charge in [0.15, 0.2) is 12.4 Å². The molecule has 0 saturated carbocycles. The summed E-state index contributed by atoms with van der Waals surface area (Å²) < 4.78 is 22.0. The van der Waals surface area contributed by atoms with E-state index in [4.69, 9.17) is 18.9 Å². The van der Waals surface area contributed by atoms with Crippen molar-refractivity contribution in [2.75, 3.05) is 39.6 Å². The van der Waals surface area contributed by atoms with Crippen LogP contribution in [0.25, 0.3) is 0 Å². The molecule has 3 rings (SSSR count). The van der Waals surface area contributed by atoms with E-state index < -0.39 is 6.10 Å². The van der Waals surface area contributed by atoms with E-state index in [2.05, 4.69) is 0 Å². The summed E-state index contributed by atoms with van der Waals surface area (Å²) >= 11 is 0. The van der Waals surface area contributed by atoms with E-state index in [9.17, 15) is 4.79 Å². The second kappa shape index (κ2) is 6.17. The van der Waals surface area contributed by atoms with E-state index in [0.29, 0.717) is 33.0 Å². The molecule has 2 atom stereocenters. The Morgan fingerprint density at radius 1 is 1.00 bits per heavy atom. The molecule has 0 aromatic carbocycles. The number of amides is 1. The molecule has 3 heterocycles. The third-order valence-corrected chi connectivity index (χ3v) is 3.89. The predicted molar refractivity (Wildman–Crippen MR) is 65.6 cm³/mol. The molecular weight excluding hydrogens is 250 g/mol. The predicted octanol–water partition coefficient (Wildman–Crippen LogP) is 0.156. The molecule has 1 amide bonds. The summed E-state index contributed by atoms with van der Waals surface area (Å²) in [6, 6.07) is 0.0225. The van der Waals surface area contributed by atoms with E-state index in [1.54, 1.807) is 0 Å². The molecule has 0 aromatic rings. The first kappa shape index (κ1) is 13.3. The van der Waals surface area contributed by atoms with Gasteiger partial charge in [-0.2, -0.15) is 0 Å². The summed E-state index contributed by atoms with van der Waals surface area (Å²) in [4.78, 5) is 14.4. The van der Waals surface area contributed by atoms with E-state index >= 15 is 0 Å². The quantitative estimate of drug-likeness (QED) is 0.716. The number of carbonyl (C=O) groups is 1. The maximum Gasteiger partial charge on any atom is 0.254 e. The Balaban J connectivity index is 1.66. The molecule has 0 radical (unpaired) electrons. The zero-order valence-corrected chi connectivity index (χ0v) is 11.1. The molecule has 3 fully saturated rings. The molecule has 0 spiro atoms. The first-order chi connectivity index (χ1) is 9.36. The standard InChI is InChI=1S/C13H21NO5/c15-12(11-9-16-5-6-17-11)14-4-2-1-3-10(14)13-18-7-8-19-13/h10-11,13H,1-9H2. The highest BCUT2D eigenvalue weighted by molar-refractivity contribution is 5.81. The van der Waals surface area contributed by atoms with Crippen LogP contribution in [-0.4, -0.2) is 68.8 Å². The van der Waals surface area contributed by atoms with Gasteiger partial charge in [-0.05, 0) is 19.3 Å². The maximum atomic E-state index is 12.5. The molecule has 19 heavy (non-hydrogen) atoms. The van der Waals surface area contributed by atoms with Crippen molar-refractivity contribution in [1.29, 1.82) is 0 Å². The third kappa shape index (κ3) is 2.91. The van der Waals surface area contributed by atoms with E-state index in [-0.39, 0.29) is 18.2 Å². The Morgan fingerprint density at radius 2 is 1.79 bits per heavy atom. The Labute approximate surface area is 112 Å². The van der Waals surface area contributed by atoms with Crippen molar-refractivity contribution in [3.8, 4) is 0 Å². The van der Waals surface area contributed by atoms with Crippen molar-refractivity contribution in [3.05, 3.63) is 0 Å². The van der Waals surface area contributed by atoms with Crippen molar-refractivity contribution < 1.29 is 23.7 Å². The van der Waals surface area contributed by atoms with Gasteiger partial charge < -0.3 is 23.8 Å². The Morgan fingerprint density at radius 3 is 2.53 bits per heavy atom. The van der Waals surface area contributed by atoms with Crippen molar-refractivity contribution in [3.63, 3.8) is 0 Å². The van der Waals surface area contributed by atoms with Crippen LogP contribution in [0.4, 0.5) is 0 Å². The van der Waals surface area contributed by atoms with Gasteiger partial charge in [-0.3, -0.25) is 4.79 Å². The normalized spacial score (nSPS) is 33.6. The molecule has 3 aliphatic heterocycles. The van der Waals surface area contributed by atoms with Gasteiger partial charge in [-0.1, -0.05) is 0 Å². The van der Waals surface area contributed by atoms with Crippen LogP contribution in [0.5, 0.6) is 0 Å². The highest BCUT2D eigenvalue weighted by Crippen LogP contribution is 2.25. The minimum atomic E-state index is -0.462. The van der Waals surface area contributed by atoms with Crippen LogP contribution in [0.15, 0.2) is 0 Å². The molecule has 0 N–H and O–H groups in total. The number of nitrogens with zero attached hydrogens (tertiary/aromatic N) is 1.